The van der Waals surface area contributed by atoms with E-state index in [1.165, 1.54) is 0 Å². The van der Waals surface area contributed by atoms with Crippen LogP contribution in [0.4, 0.5) is 0 Å². The first-order valence-electron chi connectivity index (χ1n) is 4.34. The maximum atomic E-state index is 10.9. The lowest BCUT2D eigenvalue weighted by atomic mass is 9.85. The highest BCUT2D eigenvalue weighted by Crippen LogP contribution is 2.26. The fourth-order valence-corrected chi connectivity index (χ4v) is 1.95. The Morgan fingerprint density at radius 2 is 2.09 bits per heavy atom. The summed E-state index contributed by atoms with van der Waals surface area (Å²) in [7, 11) is 0. The summed E-state index contributed by atoms with van der Waals surface area (Å²) in [6.07, 6.45) is 4.78. The second kappa shape index (κ2) is 4.10. The predicted octanol–water partition coefficient (Wildman–Crippen LogP) is 2.76. The number of alkyl halides is 1. The van der Waals surface area contributed by atoms with Crippen LogP contribution in [0.1, 0.15) is 39.0 Å². The smallest absolute Gasteiger partial charge is 0.132 e. The molecule has 11 heavy (non-hydrogen) atoms. The van der Waals surface area contributed by atoms with Crippen molar-refractivity contribution in [3.8, 4) is 0 Å². The minimum atomic E-state index is 0.271. The Labute approximate surface area is 73.1 Å². The zero-order chi connectivity index (χ0) is 8.27. The molecule has 0 aromatic heterocycles. The van der Waals surface area contributed by atoms with Crippen molar-refractivity contribution >= 4 is 17.4 Å². The van der Waals surface area contributed by atoms with Gasteiger partial charge >= 0.3 is 0 Å². The van der Waals surface area contributed by atoms with Crippen LogP contribution in [-0.4, -0.2) is 11.2 Å². The van der Waals surface area contributed by atoms with Gasteiger partial charge in [-0.15, -0.1) is 11.6 Å². The van der Waals surface area contributed by atoms with E-state index in [0.717, 1.165) is 32.1 Å². The zero-order valence-corrected chi connectivity index (χ0v) is 7.73. The van der Waals surface area contributed by atoms with Crippen LogP contribution in [0.3, 0.4) is 0 Å². The molecule has 1 unspecified atom stereocenters. The molecule has 1 nitrogen and oxygen atoms in total. The van der Waals surface area contributed by atoms with Crippen molar-refractivity contribution in [1.29, 1.82) is 0 Å². The van der Waals surface area contributed by atoms with Gasteiger partial charge < -0.3 is 0 Å². The molecule has 1 fully saturated rings. The minimum absolute atomic E-state index is 0.271. The Bertz CT molecular complexity index is 132. The molecule has 1 atom stereocenters. The van der Waals surface area contributed by atoms with Crippen LogP contribution >= 0.6 is 11.6 Å². The number of carbonyl (C=O) groups is 1. The first-order chi connectivity index (χ1) is 5.18. The molecule has 2 heteroatoms. The van der Waals surface area contributed by atoms with Crippen LogP contribution in [0, 0.1) is 5.92 Å². The number of rotatable bonds is 2. The first kappa shape index (κ1) is 9.05. The largest absolute Gasteiger partial charge is 0.300 e. The van der Waals surface area contributed by atoms with E-state index in [2.05, 4.69) is 0 Å². The van der Waals surface area contributed by atoms with Gasteiger partial charge in [0, 0.05) is 18.2 Å². The van der Waals surface area contributed by atoms with E-state index >= 15 is 0 Å². The normalized spacial score (nSPS) is 23.6. The van der Waals surface area contributed by atoms with E-state index in [9.17, 15) is 4.79 Å². The average Bonchev–Trinajstić information content (AvgIpc) is 1.93. The molecule has 64 valence electrons. The molecule has 0 amide bonds. The van der Waals surface area contributed by atoms with Crippen LogP contribution in [0.5, 0.6) is 0 Å². The van der Waals surface area contributed by atoms with Gasteiger partial charge in [0.25, 0.3) is 0 Å². The van der Waals surface area contributed by atoms with E-state index in [0.29, 0.717) is 11.7 Å². The van der Waals surface area contributed by atoms with Crippen molar-refractivity contribution < 1.29 is 4.79 Å². The fourth-order valence-electron chi connectivity index (χ4n) is 1.69. The highest BCUT2D eigenvalue weighted by molar-refractivity contribution is 6.20. The predicted molar refractivity (Wildman–Crippen MR) is 46.9 cm³/mol. The summed E-state index contributed by atoms with van der Waals surface area (Å²) in [6, 6.07) is 0. The maximum absolute atomic E-state index is 10.9. The average molecular weight is 175 g/mol. The summed E-state index contributed by atoms with van der Waals surface area (Å²) in [5, 5.41) is 0.271. The fraction of sp³-hybridized carbons (Fsp3) is 0.889. The topological polar surface area (TPSA) is 17.1 Å². The van der Waals surface area contributed by atoms with Gasteiger partial charge in [-0.25, -0.2) is 0 Å². The van der Waals surface area contributed by atoms with Gasteiger partial charge in [0.05, 0.1) is 0 Å². The molecule has 1 aliphatic rings. The molecule has 0 bridgehead atoms. The molecular formula is C9H15ClO. The Morgan fingerprint density at radius 3 is 2.55 bits per heavy atom. The number of halogens is 1. The Hall–Kier alpha value is -0.0400. The standard InChI is InChI=1S/C9H15ClO/c1-7(10)6-8-2-4-9(11)5-3-8/h7-8H,2-6H2,1H3. The van der Waals surface area contributed by atoms with Crippen LogP contribution < -0.4 is 0 Å². The van der Waals surface area contributed by atoms with Gasteiger partial charge in [0.1, 0.15) is 5.78 Å². The molecule has 0 N–H and O–H groups in total. The molecule has 1 rings (SSSR count). The second-order valence-electron chi connectivity index (χ2n) is 3.50. The van der Waals surface area contributed by atoms with Crippen LogP contribution in [0.2, 0.25) is 0 Å². The summed E-state index contributed by atoms with van der Waals surface area (Å²) >= 11 is 5.86. The van der Waals surface area contributed by atoms with Crippen LogP contribution in [0.15, 0.2) is 0 Å². The third-order valence-corrected chi connectivity index (χ3v) is 2.50. The van der Waals surface area contributed by atoms with Gasteiger partial charge in [-0.05, 0) is 32.1 Å². The van der Waals surface area contributed by atoms with E-state index < -0.39 is 0 Å². The van der Waals surface area contributed by atoms with E-state index in [4.69, 9.17) is 11.6 Å². The highest BCUT2D eigenvalue weighted by Gasteiger charge is 2.19. The summed E-state index contributed by atoms with van der Waals surface area (Å²) < 4.78 is 0. The van der Waals surface area contributed by atoms with E-state index in [1.807, 2.05) is 6.92 Å². The SMILES string of the molecule is CC(Cl)CC1CCC(=O)CC1. The van der Waals surface area contributed by atoms with Crippen molar-refractivity contribution in [2.45, 2.75) is 44.4 Å². The Morgan fingerprint density at radius 1 is 1.55 bits per heavy atom. The van der Waals surface area contributed by atoms with Gasteiger partial charge in [0.2, 0.25) is 0 Å². The lowest BCUT2D eigenvalue weighted by Crippen LogP contribution is -2.15. The quantitative estimate of drug-likeness (QED) is 0.589. The van der Waals surface area contributed by atoms with Gasteiger partial charge in [0.15, 0.2) is 0 Å². The number of hydrogen-bond acceptors (Lipinski definition) is 1. The van der Waals surface area contributed by atoms with Crippen LogP contribution in [-0.2, 0) is 4.79 Å². The third kappa shape index (κ3) is 3.24. The molecule has 0 aromatic rings. The lowest BCUT2D eigenvalue weighted by Gasteiger charge is -2.21. The molecular weight excluding hydrogens is 160 g/mol. The molecule has 0 saturated heterocycles. The van der Waals surface area contributed by atoms with Crippen molar-refractivity contribution in [2.75, 3.05) is 0 Å². The molecule has 0 aliphatic heterocycles. The van der Waals surface area contributed by atoms with Crippen LogP contribution in [0.25, 0.3) is 0 Å². The minimum Gasteiger partial charge on any atom is -0.300 e. The highest BCUT2D eigenvalue weighted by atomic mass is 35.5. The number of ketones is 1. The monoisotopic (exact) mass is 174 g/mol. The number of Topliss-reactive ketones (excluding diaryl/α,β-unsaturated/α-hetero) is 1. The Kier molecular flexibility index (Phi) is 3.38. The maximum Gasteiger partial charge on any atom is 0.132 e. The lowest BCUT2D eigenvalue weighted by molar-refractivity contribution is -0.121. The van der Waals surface area contributed by atoms with Gasteiger partial charge in [-0.2, -0.15) is 0 Å². The van der Waals surface area contributed by atoms with Crippen molar-refractivity contribution in [3.05, 3.63) is 0 Å². The molecule has 0 spiro atoms. The number of hydrogen-bond donors (Lipinski definition) is 0. The van der Waals surface area contributed by atoms with Gasteiger partial charge in [-0.1, -0.05) is 0 Å². The molecule has 0 aromatic carbocycles. The summed E-state index contributed by atoms with van der Waals surface area (Å²) in [5.74, 6) is 1.14. The van der Waals surface area contributed by atoms with Crippen molar-refractivity contribution in [3.63, 3.8) is 0 Å². The van der Waals surface area contributed by atoms with Gasteiger partial charge in [-0.3, -0.25) is 4.79 Å². The summed E-state index contributed by atoms with van der Waals surface area (Å²) in [6.45, 7) is 2.03. The van der Waals surface area contributed by atoms with Crippen molar-refractivity contribution in [2.24, 2.45) is 5.92 Å². The van der Waals surface area contributed by atoms with E-state index in [-0.39, 0.29) is 5.38 Å². The number of carbonyl (C=O) groups excluding carboxylic acids is 1. The summed E-state index contributed by atoms with van der Waals surface area (Å²) in [4.78, 5) is 10.9. The Balaban J connectivity index is 2.22. The molecule has 0 heterocycles. The first-order valence-corrected chi connectivity index (χ1v) is 4.78. The van der Waals surface area contributed by atoms with E-state index in [1.54, 1.807) is 0 Å². The zero-order valence-electron chi connectivity index (χ0n) is 6.98. The molecule has 0 radical (unpaired) electrons. The second-order valence-corrected chi connectivity index (χ2v) is 4.24. The summed E-state index contributed by atoms with van der Waals surface area (Å²) in [5.41, 5.74) is 0. The van der Waals surface area contributed by atoms with Crippen molar-refractivity contribution in [1.82, 2.24) is 0 Å². The molecule has 1 saturated carbocycles. The molecule has 1 aliphatic carbocycles. The third-order valence-electron chi connectivity index (χ3n) is 2.32.